The van der Waals surface area contributed by atoms with Gasteiger partial charge < -0.3 is 28.9 Å². The number of guanidine groups is 1. The highest BCUT2D eigenvalue weighted by Crippen LogP contribution is 2.19. The number of methoxy groups -OCH3 is 1. The number of carbonyl (C=O) groups excluding carboxylic acids is 3. The van der Waals surface area contributed by atoms with Gasteiger partial charge in [0.1, 0.15) is 17.0 Å². The second-order valence-corrected chi connectivity index (χ2v) is 14.9. The van der Waals surface area contributed by atoms with Crippen LogP contribution in [0.15, 0.2) is 53.5 Å². The largest absolute Gasteiger partial charge is 0.497 e. The minimum absolute atomic E-state index is 0.0273. The first kappa shape index (κ1) is 33.0. The van der Waals surface area contributed by atoms with Gasteiger partial charge in [0.2, 0.25) is 5.96 Å². The van der Waals surface area contributed by atoms with Gasteiger partial charge in [-0.1, -0.05) is 12.1 Å². The predicted octanol–water partition coefficient (Wildman–Crippen LogP) is 2.07. The van der Waals surface area contributed by atoms with Crippen LogP contribution in [0.5, 0.6) is 5.75 Å². The second kappa shape index (κ2) is 13.6. The van der Waals surface area contributed by atoms with Crippen molar-refractivity contribution in [1.82, 2.24) is 19.6 Å². The molecule has 1 saturated heterocycles. The highest BCUT2D eigenvalue weighted by atomic mass is 127. The molecule has 0 aliphatic carbocycles. The molecule has 0 N–H and O–H groups in total. The number of amides is 4. The SMILES string of the molecule is COc1ccc([I+]c2ccc(CN(C(=O)OC(C)(C)C)C(=NC(=O)OC(C)(C)C)N3CN(C)C(=O)N(C)C3)cc2)cc1. The molecule has 4 amide bonds. The number of nitrogens with zero attached hydrogens (tertiary/aromatic N) is 5. The van der Waals surface area contributed by atoms with Gasteiger partial charge in [-0.15, -0.1) is 4.99 Å². The third-order valence-corrected chi connectivity index (χ3v) is 8.35. The molecule has 0 unspecified atom stereocenters. The van der Waals surface area contributed by atoms with Gasteiger partial charge in [0.25, 0.3) is 0 Å². The summed E-state index contributed by atoms with van der Waals surface area (Å²) in [5, 5.41) is 0. The Kier molecular flexibility index (Phi) is 10.7. The zero-order chi connectivity index (χ0) is 31.2. The number of ether oxygens (including phenoxy) is 3. The van der Waals surface area contributed by atoms with E-state index >= 15 is 0 Å². The lowest BCUT2D eigenvalue weighted by Crippen LogP contribution is -3.61. The van der Waals surface area contributed by atoms with E-state index in [4.69, 9.17) is 14.2 Å². The molecule has 3 rings (SSSR count). The highest BCUT2D eigenvalue weighted by molar-refractivity contribution is 5.99. The molecular formula is C30H41IN5O6+. The maximum Gasteiger partial charge on any atom is 0.437 e. The van der Waals surface area contributed by atoms with Crippen LogP contribution in [-0.2, 0) is 16.0 Å². The summed E-state index contributed by atoms with van der Waals surface area (Å²) in [6.07, 6.45) is -1.53. The second-order valence-electron chi connectivity index (χ2n) is 11.8. The Labute approximate surface area is 258 Å². The normalized spacial score (nSPS) is 14.5. The van der Waals surface area contributed by atoms with Crippen LogP contribution >= 0.6 is 0 Å². The van der Waals surface area contributed by atoms with E-state index in [1.807, 2.05) is 36.4 Å². The summed E-state index contributed by atoms with van der Waals surface area (Å²) in [5.74, 6) is 0.846. The van der Waals surface area contributed by atoms with Gasteiger partial charge in [-0.05, 0) is 83.5 Å². The first-order valence-corrected chi connectivity index (χ1v) is 15.6. The fraction of sp³-hybridized carbons (Fsp3) is 0.467. The van der Waals surface area contributed by atoms with Crippen LogP contribution < -0.4 is 25.9 Å². The van der Waals surface area contributed by atoms with E-state index in [9.17, 15) is 14.4 Å². The molecular weight excluding hydrogens is 653 g/mol. The average Bonchev–Trinajstić information content (AvgIpc) is 2.88. The van der Waals surface area contributed by atoms with Crippen LogP contribution in [0.25, 0.3) is 0 Å². The Hall–Kier alpha value is -3.55. The number of hydrogen-bond acceptors (Lipinski definition) is 6. The highest BCUT2D eigenvalue weighted by Gasteiger charge is 2.35. The summed E-state index contributed by atoms with van der Waals surface area (Å²) in [6.45, 7) is 10.8. The van der Waals surface area contributed by atoms with Crippen molar-refractivity contribution >= 4 is 24.2 Å². The molecule has 228 valence electrons. The van der Waals surface area contributed by atoms with E-state index < -0.39 is 44.6 Å². The van der Waals surface area contributed by atoms with E-state index in [2.05, 4.69) is 17.1 Å². The van der Waals surface area contributed by atoms with Gasteiger partial charge in [-0.3, -0.25) is 0 Å². The first-order chi connectivity index (χ1) is 19.5. The lowest BCUT2D eigenvalue weighted by molar-refractivity contribution is -0.597. The molecule has 2 aromatic rings. The molecule has 11 nitrogen and oxygen atoms in total. The molecule has 42 heavy (non-hydrogen) atoms. The van der Waals surface area contributed by atoms with Gasteiger partial charge >= 0.3 is 39.4 Å². The molecule has 1 heterocycles. The van der Waals surface area contributed by atoms with Crippen molar-refractivity contribution in [1.29, 1.82) is 0 Å². The van der Waals surface area contributed by atoms with E-state index in [0.29, 0.717) is 0 Å². The number of benzene rings is 2. The number of halogens is 1. The third-order valence-electron chi connectivity index (χ3n) is 5.66. The Morgan fingerprint density at radius 1 is 0.857 bits per heavy atom. The van der Waals surface area contributed by atoms with Crippen LogP contribution in [0.3, 0.4) is 0 Å². The lowest BCUT2D eigenvalue weighted by atomic mass is 10.2. The van der Waals surface area contributed by atoms with Crippen molar-refractivity contribution < 1.29 is 49.8 Å². The molecule has 0 aromatic heterocycles. The standard InChI is InChI=1S/C30H41IN5O6/c1-29(2,3)41-26(37)32-25(35-19-33(7)27(38)34(8)20-35)36(28(39)42-30(4,5)6)18-21-10-12-22(13-11-21)31-23-14-16-24(40-9)17-15-23/h10-17H,18-20H2,1-9H3/q+1. The number of urea groups is 1. The predicted molar refractivity (Wildman–Crippen MR) is 155 cm³/mol. The molecule has 2 aromatic carbocycles. The molecule has 12 heteroatoms. The molecule has 0 saturated carbocycles. The van der Waals surface area contributed by atoms with Gasteiger partial charge in [0, 0.05) is 14.1 Å². The fourth-order valence-electron chi connectivity index (χ4n) is 3.89. The van der Waals surface area contributed by atoms with Crippen molar-refractivity contribution in [2.45, 2.75) is 59.3 Å². The van der Waals surface area contributed by atoms with Gasteiger partial charge in [0.15, 0.2) is 7.14 Å². The van der Waals surface area contributed by atoms with Crippen molar-refractivity contribution in [2.75, 3.05) is 34.5 Å². The number of aliphatic imine (C=N–C) groups is 1. The van der Waals surface area contributed by atoms with Crippen LogP contribution in [-0.4, -0.2) is 89.5 Å². The number of rotatable bonds is 5. The van der Waals surface area contributed by atoms with Crippen molar-refractivity contribution in [3.05, 3.63) is 61.2 Å². The quantitative estimate of drug-likeness (QED) is 0.268. The molecule has 0 spiro atoms. The Balaban J connectivity index is 1.96. The summed E-state index contributed by atoms with van der Waals surface area (Å²) in [6, 6.07) is 15.9. The number of carbonyl (C=O) groups is 3. The van der Waals surface area contributed by atoms with E-state index in [1.54, 1.807) is 67.6 Å². The lowest BCUT2D eigenvalue weighted by Gasteiger charge is -2.42. The minimum Gasteiger partial charge on any atom is -0.497 e. The van der Waals surface area contributed by atoms with E-state index in [0.717, 1.165) is 11.3 Å². The summed E-state index contributed by atoms with van der Waals surface area (Å²) >= 11 is -0.416. The van der Waals surface area contributed by atoms with Crippen molar-refractivity contribution in [3.63, 3.8) is 0 Å². The van der Waals surface area contributed by atoms with Gasteiger partial charge in [-0.2, -0.15) is 0 Å². The van der Waals surface area contributed by atoms with Crippen LogP contribution in [0, 0.1) is 7.14 Å². The molecule has 0 atom stereocenters. The van der Waals surface area contributed by atoms with Crippen molar-refractivity contribution in [3.8, 4) is 5.75 Å². The van der Waals surface area contributed by atoms with Crippen LogP contribution in [0.4, 0.5) is 14.4 Å². The maximum atomic E-state index is 13.6. The molecule has 1 aliphatic rings. The summed E-state index contributed by atoms with van der Waals surface area (Å²) in [4.78, 5) is 49.2. The summed E-state index contributed by atoms with van der Waals surface area (Å²) in [5.41, 5.74) is -0.781. The summed E-state index contributed by atoms with van der Waals surface area (Å²) in [7, 11) is 4.92. The van der Waals surface area contributed by atoms with E-state index in [-0.39, 0.29) is 31.9 Å². The topological polar surface area (TPSA) is 104 Å². The monoisotopic (exact) mass is 694 g/mol. The maximum absolute atomic E-state index is 13.6. The first-order valence-electron chi connectivity index (χ1n) is 13.5. The van der Waals surface area contributed by atoms with Gasteiger partial charge in [0.05, 0.1) is 27.0 Å². The smallest absolute Gasteiger partial charge is 0.437 e. The molecule has 0 radical (unpaired) electrons. The Morgan fingerprint density at radius 3 is 1.83 bits per heavy atom. The van der Waals surface area contributed by atoms with Crippen LogP contribution in [0.1, 0.15) is 47.1 Å². The van der Waals surface area contributed by atoms with E-state index in [1.165, 1.54) is 21.8 Å². The number of hydrogen-bond donors (Lipinski definition) is 0. The Morgan fingerprint density at radius 2 is 1.36 bits per heavy atom. The average molecular weight is 695 g/mol. The van der Waals surface area contributed by atoms with Gasteiger partial charge in [-0.25, -0.2) is 19.3 Å². The zero-order valence-corrected chi connectivity index (χ0v) is 28.0. The molecule has 1 aliphatic heterocycles. The zero-order valence-electron chi connectivity index (χ0n) is 25.8. The minimum atomic E-state index is -0.854. The molecule has 0 bridgehead atoms. The fourth-order valence-corrected chi connectivity index (χ4v) is 6.05. The van der Waals surface area contributed by atoms with Crippen LogP contribution in [0.2, 0.25) is 0 Å². The molecule has 1 fully saturated rings. The summed E-state index contributed by atoms with van der Waals surface area (Å²) < 4.78 is 18.9. The Bertz CT molecular complexity index is 1270. The third kappa shape index (κ3) is 9.78. The van der Waals surface area contributed by atoms with Crippen molar-refractivity contribution in [2.24, 2.45) is 4.99 Å².